The summed E-state index contributed by atoms with van der Waals surface area (Å²) in [4.78, 5) is 19.9. The summed E-state index contributed by atoms with van der Waals surface area (Å²) < 4.78 is 27.9. The highest BCUT2D eigenvalue weighted by molar-refractivity contribution is 14.1. The zero-order valence-corrected chi connectivity index (χ0v) is 16.2. The van der Waals surface area contributed by atoms with E-state index in [0.29, 0.717) is 11.3 Å². The molecule has 0 unspecified atom stereocenters. The van der Waals surface area contributed by atoms with E-state index in [1.165, 1.54) is 36.7 Å². The summed E-state index contributed by atoms with van der Waals surface area (Å²) in [6.45, 7) is 0. The van der Waals surface area contributed by atoms with Crippen LogP contribution in [-0.2, 0) is 10.0 Å². The molecule has 1 heterocycles. The van der Waals surface area contributed by atoms with Crippen molar-refractivity contribution >= 4 is 50.2 Å². The standard InChI is InChI=1S/C17H13IN4O3S/c18-13-4-1-3-12(11-13)16(23)21-14-5-7-15(8-6-14)26(24,25)22-17-19-9-2-10-20-17/h1-11H,(H,21,23)(H,19,20,22). The Morgan fingerprint density at radius 2 is 1.65 bits per heavy atom. The summed E-state index contributed by atoms with van der Waals surface area (Å²) in [7, 11) is -3.81. The highest BCUT2D eigenvalue weighted by Crippen LogP contribution is 2.17. The largest absolute Gasteiger partial charge is 0.322 e. The number of halogens is 1. The van der Waals surface area contributed by atoms with Crippen LogP contribution in [0.25, 0.3) is 0 Å². The molecular weight excluding hydrogens is 467 g/mol. The van der Waals surface area contributed by atoms with Gasteiger partial charge in [0.05, 0.1) is 4.90 Å². The van der Waals surface area contributed by atoms with Crippen LogP contribution >= 0.6 is 22.6 Å². The van der Waals surface area contributed by atoms with Gasteiger partial charge in [-0.3, -0.25) is 4.79 Å². The Hall–Kier alpha value is -2.53. The van der Waals surface area contributed by atoms with Gasteiger partial charge in [-0.05, 0) is 71.1 Å². The number of sulfonamides is 1. The van der Waals surface area contributed by atoms with Crippen molar-refractivity contribution in [2.24, 2.45) is 0 Å². The molecule has 1 aromatic heterocycles. The van der Waals surface area contributed by atoms with Crippen LogP contribution in [-0.4, -0.2) is 24.3 Å². The van der Waals surface area contributed by atoms with Gasteiger partial charge in [0.1, 0.15) is 0 Å². The topological polar surface area (TPSA) is 101 Å². The fraction of sp³-hybridized carbons (Fsp3) is 0. The number of hydrogen-bond acceptors (Lipinski definition) is 5. The van der Waals surface area contributed by atoms with Gasteiger partial charge in [0.2, 0.25) is 5.95 Å². The fourth-order valence-corrected chi connectivity index (χ4v) is 3.58. The summed E-state index contributed by atoms with van der Waals surface area (Å²) >= 11 is 2.13. The Bertz CT molecular complexity index is 1030. The van der Waals surface area contributed by atoms with Gasteiger partial charge < -0.3 is 5.32 Å². The SMILES string of the molecule is O=C(Nc1ccc(S(=O)(=O)Nc2ncccn2)cc1)c1cccc(I)c1. The van der Waals surface area contributed by atoms with Gasteiger partial charge in [0.25, 0.3) is 15.9 Å². The highest BCUT2D eigenvalue weighted by Gasteiger charge is 2.15. The lowest BCUT2D eigenvalue weighted by atomic mass is 10.2. The third-order valence-electron chi connectivity index (χ3n) is 3.30. The predicted molar refractivity (Wildman–Crippen MR) is 106 cm³/mol. The first-order chi connectivity index (χ1) is 12.4. The number of aromatic nitrogens is 2. The van der Waals surface area contributed by atoms with E-state index < -0.39 is 10.0 Å². The Morgan fingerprint density at radius 3 is 2.31 bits per heavy atom. The zero-order valence-electron chi connectivity index (χ0n) is 13.3. The second-order valence-corrected chi connectivity index (χ2v) is 8.09. The zero-order chi connectivity index (χ0) is 18.6. The van der Waals surface area contributed by atoms with E-state index in [0.717, 1.165) is 3.57 Å². The molecule has 2 N–H and O–H groups in total. The number of anilines is 2. The van der Waals surface area contributed by atoms with Crippen molar-refractivity contribution in [3.63, 3.8) is 0 Å². The molecule has 0 radical (unpaired) electrons. The molecule has 0 atom stereocenters. The van der Waals surface area contributed by atoms with E-state index in [1.54, 1.807) is 24.3 Å². The number of rotatable bonds is 5. The van der Waals surface area contributed by atoms with Crippen molar-refractivity contribution in [2.45, 2.75) is 4.90 Å². The summed E-state index contributed by atoms with van der Waals surface area (Å²) in [6, 6.07) is 14.6. The van der Waals surface area contributed by atoms with Crippen LogP contribution < -0.4 is 10.0 Å². The number of nitrogens with one attached hydrogen (secondary N) is 2. The second kappa shape index (κ2) is 7.79. The normalized spacial score (nSPS) is 11.0. The molecule has 26 heavy (non-hydrogen) atoms. The van der Waals surface area contributed by atoms with Gasteiger partial charge in [0.15, 0.2) is 0 Å². The van der Waals surface area contributed by atoms with Crippen LogP contribution in [0.5, 0.6) is 0 Å². The molecular formula is C17H13IN4O3S. The molecule has 2 aromatic carbocycles. The van der Waals surface area contributed by atoms with E-state index in [-0.39, 0.29) is 16.8 Å². The van der Waals surface area contributed by atoms with Crippen LogP contribution in [0.1, 0.15) is 10.4 Å². The number of nitrogens with zero attached hydrogens (tertiary/aromatic N) is 2. The van der Waals surface area contributed by atoms with Gasteiger partial charge in [-0.2, -0.15) is 0 Å². The third kappa shape index (κ3) is 4.55. The Balaban J connectivity index is 1.73. The lowest BCUT2D eigenvalue weighted by Gasteiger charge is -2.08. The molecule has 0 saturated carbocycles. The highest BCUT2D eigenvalue weighted by atomic mass is 127. The molecule has 0 saturated heterocycles. The third-order valence-corrected chi connectivity index (χ3v) is 5.32. The van der Waals surface area contributed by atoms with Crippen LogP contribution in [0.15, 0.2) is 71.9 Å². The summed E-state index contributed by atoms with van der Waals surface area (Å²) in [5.41, 5.74) is 1.01. The second-order valence-electron chi connectivity index (χ2n) is 5.17. The van der Waals surface area contributed by atoms with Gasteiger partial charge in [-0.15, -0.1) is 0 Å². The Labute approximate surface area is 164 Å². The summed E-state index contributed by atoms with van der Waals surface area (Å²) in [5, 5.41) is 2.73. The van der Waals surface area contributed by atoms with Crippen LogP contribution in [0.3, 0.4) is 0 Å². The minimum atomic E-state index is -3.81. The molecule has 0 bridgehead atoms. The maximum atomic E-state index is 12.3. The lowest BCUT2D eigenvalue weighted by molar-refractivity contribution is 0.102. The molecule has 0 spiro atoms. The van der Waals surface area contributed by atoms with Gasteiger partial charge >= 0.3 is 0 Å². The summed E-state index contributed by atoms with van der Waals surface area (Å²) in [6.07, 6.45) is 2.88. The van der Waals surface area contributed by atoms with Crippen molar-refractivity contribution in [1.82, 2.24) is 9.97 Å². The number of amides is 1. The quantitative estimate of drug-likeness (QED) is 0.547. The van der Waals surface area contributed by atoms with Crippen LogP contribution in [0.2, 0.25) is 0 Å². The van der Waals surface area contributed by atoms with Gasteiger partial charge in [-0.25, -0.2) is 23.1 Å². The molecule has 0 aliphatic heterocycles. The predicted octanol–water partition coefficient (Wildman–Crippen LogP) is 3.13. The first-order valence-electron chi connectivity index (χ1n) is 7.41. The first-order valence-corrected chi connectivity index (χ1v) is 9.97. The number of carbonyl (C=O) groups excluding carboxylic acids is 1. The molecule has 3 aromatic rings. The van der Waals surface area contributed by atoms with Gasteiger partial charge in [0, 0.05) is 27.2 Å². The maximum absolute atomic E-state index is 12.3. The number of carbonyl (C=O) groups is 1. The van der Waals surface area contributed by atoms with Crippen molar-refractivity contribution < 1.29 is 13.2 Å². The minimum Gasteiger partial charge on any atom is -0.322 e. The van der Waals surface area contributed by atoms with Crippen molar-refractivity contribution in [2.75, 3.05) is 10.0 Å². The monoisotopic (exact) mass is 480 g/mol. The molecule has 0 fully saturated rings. The Morgan fingerprint density at radius 1 is 0.962 bits per heavy atom. The lowest BCUT2D eigenvalue weighted by Crippen LogP contribution is -2.15. The first kappa shape index (κ1) is 18.3. The fourth-order valence-electron chi connectivity index (χ4n) is 2.08. The molecule has 1 amide bonds. The smallest absolute Gasteiger partial charge is 0.264 e. The molecule has 7 nitrogen and oxygen atoms in total. The van der Waals surface area contributed by atoms with E-state index in [9.17, 15) is 13.2 Å². The van der Waals surface area contributed by atoms with Crippen molar-refractivity contribution in [3.8, 4) is 0 Å². The molecule has 0 aliphatic rings. The average molecular weight is 480 g/mol. The van der Waals surface area contributed by atoms with Crippen molar-refractivity contribution in [1.29, 1.82) is 0 Å². The summed E-state index contributed by atoms with van der Waals surface area (Å²) in [5.74, 6) is -0.279. The molecule has 0 aliphatic carbocycles. The molecule has 3 rings (SSSR count). The van der Waals surface area contributed by atoms with Crippen LogP contribution in [0.4, 0.5) is 11.6 Å². The van der Waals surface area contributed by atoms with E-state index in [1.807, 2.05) is 6.07 Å². The Kier molecular flexibility index (Phi) is 5.47. The minimum absolute atomic E-state index is 0.0106. The molecule has 132 valence electrons. The maximum Gasteiger partial charge on any atom is 0.264 e. The molecule has 9 heteroatoms. The van der Waals surface area contributed by atoms with E-state index in [2.05, 4.69) is 42.6 Å². The van der Waals surface area contributed by atoms with Gasteiger partial charge in [-0.1, -0.05) is 6.07 Å². The number of benzene rings is 2. The van der Waals surface area contributed by atoms with E-state index >= 15 is 0 Å². The average Bonchev–Trinajstić information content (AvgIpc) is 2.62. The van der Waals surface area contributed by atoms with E-state index in [4.69, 9.17) is 0 Å². The van der Waals surface area contributed by atoms with Crippen LogP contribution in [0, 0.1) is 3.57 Å². The number of hydrogen-bond donors (Lipinski definition) is 2. The van der Waals surface area contributed by atoms with Crippen molar-refractivity contribution in [3.05, 3.63) is 76.1 Å².